The van der Waals surface area contributed by atoms with Crippen LogP contribution in [-0.4, -0.2) is 31.0 Å². The summed E-state index contributed by atoms with van der Waals surface area (Å²) in [5.41, 5.74) is 0.271. The molecule has 156 valence electrons. The van der Waals surface area contributed by atoms with Gasteiger partial charge in [0.2, 0.25) is 5.88 Å². The summed E-state index contributed by atoms with van der Waals surface area (Å²) < 4.78 is 6.32. The number of nitrogens with one attached hydrogen (secondary N) is 1. The van der Waals surface area contributed by atoms with E-state index in [0.717, 1.165) is 15.7 Å². The van der Waals surface area contributed by atoms with Gasteiger partial charge in [-0.25, -0.2) is 4.79 Å². The van der Waals surface area contributed by atoms with E-state index in [1.807, 2.05) is 60.7 Å². The van der Waals surface area contributed by atoms with E-state index in [0.29, 0.717) is 18.1 Å². The van der Waals surface area contributed by atoms with Gasteiger partial charge in [-0.15, -0.1) is 0 Å². The normalized spacial score (nSPS) is 11.2. The predicted octanol–water partition coefficient (Wildman–Crippen LogP) is 2.15. The number of hydrogen-bond acceptors (Lipinski definition) is 7. The third kappa shape index (κ3) is 4.67. The second-order valence-corrected chi connectivity index (χ2v) is 6.74. The highest BCUT2D eigenvalue weighted by molar-refractivity contribution is 5.81. The van der Waals surface area contributed by atoms with Crippen LogP contribution in [0, 0.1) is 0 Å². The number of aryl methyl sites for hydroxylation is 1. The van der Waals surface area contributed by atoms with Gasteiger partial charge in [-0.2, -0.15) is 4.98 Å². The molecule has 0 aliphatic carbocycles. The standard InChI is InChI=1S/C22H19N5O4/c28-19-17(13-23-14-18-24-20(31-26-18)16-9-5-2-6-10-16)21(29)27(22(30)25-19)12-11-15-7-3-1-4-8-15/h1-10,13,29H,11-12,14H2,(H,25,28,30). The fourth-order valence-electron chi connectivity index (χ4n) is 3.02. The molecule has 31 heavy (non-hydrogen) atoms. The summed E-state index contributed by atoms with van der Waals surface area (Å²) in [5.74, 6) is 0.246. The van der Waals surface area contributed by atoms with Crippen molar-refractivity contribution in [2.45, 2.75) is 19.5 Å². The van der Waals surface area contributed by atoms with E-state index >= 15 is 0 Å². The zero-order valence-electron chi connectivity index (χ0n) is 16.4. The molecule has 0 atom stereocenters. The van der Waals surface area contributed by atoms with Gasteiger partial charge in [0.25, 0.3) is 11.4 Å². The number of hydrogen-bond donors (Lipinski definition) is 2. The molecular formula is C22H19N5O4. The van der Waals surface area contributed by atoms with Crippen LogP contribution in [0.15, 0.2) is 79.8 Å². The van der Waals surface area contributed by atoms with Gasteiger partial charge < -0.3 is 9.63 Å². The van der Waals surface area contributed by atoms with Crippen LogP contribution in [0.3, 0.4) is 0 Å². The van der Waals surface area contributed by atoms with Gasteiger partial charge in [0, 0.05) is 18.3 Å². The highest BCUT2D eigenvalue weighted by atomic mass is 16.5. The monoisotopic (exact) mass is 417 g/mol. The highest BCUT2D eigenvalue weighted by Gasteiger charge is 2.13. The van der Waals surface area contributed by atoms with E-state index < -0.39 is 17.1 Å². The summed E-state index contributed by atoms with van der Waals surface area (Å²) in [6, 6.07) is 18.8. The molecule has 0 saturated carbocycles. The Bertz CT molecular complexity index is 1310. The molecule has 9 heteroatoms. The molecule has 0 amide bonds. The molecule has 2 N–H and O–H groups in total. The average molecular weight is 417 g/mol. The largest absolute Gasteiger partial charge is 0.494 e. The molecule has 0 radical (unpaired) electrons. The summed E-state index contributed by atoms with van der Waals surface area (Å²) >= 11 is 0. The van der Waals surface area contributed by atoms with E-state index in [1.54, 1.807) is 0 Å². The molecule has 2 aromatic heterocycles. The molecule has 0 spiro atoms. The molecule has 0 fully saturated rings. The molecule has 2 heterocycles. The van der Waals surface area contributed by atoms with Gasteiger partial charge >= 0.3 is 5.69 Å². The quantitative estimate of drug-likeness (QED) is 0.444. The smallest absolute Gasteiger partial charge is 0.331 e. The molecule has 2 aromatic carbocycles. The molecular weight excluding hydrogens is 398 g/mol. The third-order valence-electron chi connectivity index (χ3n) is 4.62. The molecule has 0 unspecified atom stereocenters. The number of nitrogens with zero attached hydrogens (tertiary/aromatic N) is 4. The number of aromatic hydroxyl groups is 1. The first-order valence-corrected chi connectivity index (χ1v) is 9.59. The van der Waals surface area contributed by atoms with Crippen molar-refractivity contribution >= 4 is 6.21 Å². The van der Waals surface area contributed by atoms with Crippen LogP contribution in [0.5, 0.6) is 5.88 Å². The highest BCUT2D eigenvalue weighted by Crippen LogP contribution is 2.16. The van der Waals surface area contributed by atoms with Gasteiger partial charge in [-0.3, -0.25) is 19.3 Å². The lowest BCUT2D eigenvalue weighted by Crippen LogP contribution is -2.32. The van der Waals surface area contributed by atoms with Crippen LogP contribution in [0.4, 0.5) is 0 Å². The Labute approximate surface area is 176 Å². The maximum atomic E-state index is 12.1. The van der Waals surface area contributed by atoms with Gasteiger partial charge in [0.15, 0.2) is 5.82 Å². The predicted molar refractivity (Wildman–Crippen MR) is 114 cm³/mol. The zero-order valence-corrected chi connectivity index (χ0v) is 16.4. The van der Waals surface area contributed by atoms with Crippen LogP contribution in [0.2, 0.25) is 0 Å². The van der Waals surface area contributed by atoms with Crippen molar-refractivity contribution in [3.8, 4) is 17.3 Å². The summed E-state index contributed by atoms with van der Waals surface area (Å²) in [5, 5.41) is 14.3. The lowest BCUT2D eigenvalue weighted by molar-refractivity contribution is 0.399. The minimum atomic E-state index is -0.722. The van der Waals surface area contributed by atoms with E-state index in [-0.39, 0.29) is 18.7 Å². The maximum Gasteiger partial charge on any atom is 0.331 e. The molecule has 0 aliphatic heterocycles. The fraction of sp³-hybridized carbons (Fsp3) is 0.136. The van der Waals surface area contributed by atoms with Gasteiger partial charge in [-0.05, 0) is 24.1 Å². The molecule has 0 saturated heterocycles. The Morgan fingerprint density at radius 1 is 1.06 bits per heavy atom. The van der Waals surface area contributed by atoms with Crippen LogP contribution in [0.25, 0.3) is 11.5 Å². The zero-order chi connectivity index (χ0) is 21.6. The van der Waals surface area contributed by atoms with Crippen molar-refractivity contribution in [3.63, 3.8) is 0 Å². The topological polar surface area (TPSA) is 126 Å². The van der Waals surface area contributed by atoms with Crippen molar-refractivity contribution in [1.82, 2.24) is 19.7 Å². The number of aromatic amines is 1. The summed E-state index contributed by atoms with van der Waals surface area (Å²) in [6.45, 7) is 0.246. The number of aliphatic imine (C=N–C) groups is 1. The van der Waals surface area contributed by atoms with E-state index in [2.05, 4.69) is 20.1 Å². The summed E-state index contributed by atoms with van der Waals surface area (Å²) in [6.07, 6.45) is 1.72. The van der Waals surface area contributed by atoms with Crippen molar-refractivity contribution < 1.29 is 9.63 Å². The molecule has 9 nitrogen and oxygen atoms in total. The Balaban J connectivity index is 1.50. The van der Waals surface area contributed by atoms with E-state index in [9.17, 15) is 14.7 Å². The second kappa shape index (κ2) is 9.04. The Morgan fingerprint density at radius 3 is 2.52 bits per heavy atom. The summed E-state index contributed by atoms with van der Waals surface area (Å²) in [4.78, 5) is 34.9. The van der Waals surface area contributed by atoms with Gasteiger partial charge in [-0.1, -0.05) is 53.7 Å². The van der Waals surface area contributed by atoms with E-state index in [1.165, 1.54) is 6.21 Å². The Morgan fingerprint density at radius 2 is 1.77 bits per heavy atom. The minimum absolute atomic E-state index is 0.0400. The van der Waals surface area contributed by atoms with Gasteiger partial charge in [0.1, 0.15) is 12.1 Å². The maximum absolute atomic E-state index is 12.1. The number of benzene rings is 2. The van der Waals surface area contributed by atoms with Crippen molar-refractivity contribution in [1.29, 1.82) is 0 Å². The fourth-order valence-corrected chi connectivity index (χ4v) is 3.02. The van der Waals surface area contributed by atoms with Crippen LogP contribution >= 0.6 is 0 Å². The van der Waals surface area contributed by atoms with Crippen LogP contribution < -0.4 is 11.2 Å². The minimum Gasteiger partial charge on any atom is -0.494 e. The van der Waals surface area contributed by atoms with Crippen LogP contribution in [-0.2, 0) is 19.5 Å². The van der Waals surface area contributed by atoms with Crippen molar-refractivity contribution in [2.75, 3.05) is 0 Å². The first-order chi connectivity index (χ1) is 15.1. The number of rotatable bonds is 7. The number of H-pyrrole nitrogens is 1. The third-order valence-corrected chi connectivity index (χ3v) is 4.62. The molecule has 4 aromatic rings. The van der Waals surface area contributed by atoms with Crippen LogP contribution in [0.1, 0.15) is 17.0 Å². The molecule has 0 aliphatic rings. The summed E-state index contributed by atoms with van der Waals surface area (Å²) in [7, 11) is 0. The lowest BCUT2D eigenvalue weighted by Gasteiger charge is -2.09. The lowest BCUT2D eigenvalue weighted by atomic mass is 10.1. The number of aromatic nitrogens is 4. The molecule has 0 bridgehead atoms. The second-order valence-electron chi connectivity index (χ2n) is 6.74. The van der Waals surface area contributed by atoms with Crippen molar-refractivity contribution in [2.24, 2.45) is 4.99 Å². The first kappa shape index (κ1) is 20.0. The first-order valence-electron chi connectivity index (χ1n) is 9.59. The van der Waals surface area contributed by atoms with Crippen molar-refractivity contribution in [3.05, 3.63) is 98.5 Å². The van der Waals surface area contributed by atoms with E-state index in [4.69, 9.17) is 4.52 Å². The Hall–Kier alpha value is -4.27. The van der Waals surface area contributed by atoms with Gasteiger partial charge in [0.05, 0.1) is 0 Å². The average Bonchev–Trinajstić information content (AvgIpc) is 3.26. The Kier molecular flexibility index (Phi) is 5.84. The molecule has 4 rings (SSSR count). The SMILES string of the molecule is O=c1[nH]c(=O)n(CCc2ccccc2)c(O)c1C=NCc1noc(-c2ccccc2)n1.